The Morgan fingerprint density at radius 1 is 0.253 bits per heavy atom. The summed E-state index contributed by atoms with van der Waals surface area (Å²) in [7, 11) is 0. The van der Waals surface area contributed by atoms with Crippen LogP contribution in [-0.4, -0.2) is 37.2 Å². The van der Waals surface area contributed by atoms with Crippen molar-refractivity contribution in [1.82, 2.24) is 0 Å². The maximum absolute atomic E-state index is 13.0. The number of carbonyl (C=O) groups is 3. The molecule has 6 nitrogen and oxygen atoms in total. The van der Waals surface area contributed by atoms with Gasteiger partial charge in [-0.15, -0.1) is 0 Å². The largest absolute Gasteiger partial charge is 0.462 e. The van der Waals surface area contributed by atoms with E-state index in [0.717, 1.165) is 109 Å². The first-order valence-corrected chi connectivity index (χ1v) is 34.3. The summed E-state index contributed by atoms with van der Waals surface area (Å²) in [5.41, 5.74) is 0. The highest BCUT2D eigenvalue weighted by atomic mass is 16.6. The molecule has 0 aliphatic carbocycles. The minimum atomic E-state index is -0.820. The standard InChI is InChI=1S/C77H126O6/c1-4-7-10-13-16-19-22-25-28-31-34-36-37-38-39-41-43-46-49-52-55-58-61-64-67-70-76(79)82-73-74(72-81-75(78)69-66-63-60-57-54-51-48-45-42-33-30-27-24-21-18-15-12-9-6-3)83-77(80)71-68-65-62-59-56-53-50-47-44-40-35-32-29-26-23-20-17-14-11-8-5-2/h7,9-10,12,16,18-19,21,23,25-28,30,32,34-36,42,45,51,54,60,63,74H,4-6,8,11,13-15,17,20,22,24,29,31,33,37-41,43-44,46-50,52-53,55-59,61-62,64-73H2,1-3H3/b10-7-,12-9-,19-16-,21-18-,26-23-,28-25-,30-27-,35-32-,36-34-,45-42-,54-51-,63-60-. The minimum absolute atomic E-state index is 0.108. The normalized spacial score (nSPS) is 13.0. The first kappa shape index (κ1) is 78.3. The van der Waals surface area contributed by atoms with Crippen molar-refractivity contribution in [2.45, 2.75) is 309 Å². The smallest absolute Gasteiger partial charge is 0.306 e. The number of hydrogen-bond donors (Lipinski definition) is 0. The fraction of sp³-hybridized carbons (Fsp3) is 0.649. The fourth-order valence-corrected chi connectivity index (χ4v) is 9.26. The van der Waals surface area contributed by atoms with Crippen LogP contribution < -0.4 is 0 Å². The number of ether oxygens (including phenoxy) is 3. The molecule has 1 atom stereocenters. The first-order valence-electron chi connectivity index (χ1n) is 34.3. The highest BCUT2D eigenvalue weighted by Crippen LogP contribution is 2.16. The Bertz CT molecular complexity index is 1800. The summed E-state index contributed by atoms with van der Waals surface area (Å²) >= 11 is 0. The zero-order chi connectivity index (χ0) is 59.9. The van der Waals surface area contributed by atoms with Gasteiger partial charge in [-0.25, -0.2) is 0 Å². The molecule has 1 unspecified atom stereocenters. The van der Waals surface area contributed by atoms with Gasteiger partial charge in [0.15, 0.2) is 6.10 Å². The molecule has 0 N–H and O–H groups in total. The number of hydrogen-bond acceptors (Lipinski definition) is 6. The lowest BCUT2D eigenvalue weighted by molar-refractivity contribution is -0.166. The molecule has 0 spiro atoms. The Balaban J connectivity index is 4.47. The van der Waals surface area contributed by atoms with Crippen LogP contribution in [0, 0.1) is 0 Å². The second kappa shape index (κ2) is 69.8. The molecule has 6 heteroatoms. The molecule has 470 valence electrons. The fourth-order valence-electron chi connectivity index (χ4n) is 9.26. The molecule has 0 aromatic rings. The SMILES string of the molecule is CC/C=C\C/C=C\C/C=C\C/C=C\C/C=C\C/C=C\CCC(=O)OCC(COC(=O)CCCCCCCCCCCCCC/C=C\C/C=C\C/C=C\C/C=C\CC)OC(=O)CCCCCCCCCCC/C=C\C/C=C\CCCCCCC. The molecule has 0 bridgehead atoms. The molecule has 0 heterocycles. The molecule has 0 aliphatic rings. The topological polar surface area (TPSA) is 78.9 Å². The zero-order valence-corrected chi connectivity index (χ0v) is 53.9. The number of allylic oxidation sites excluding steroid dienone is 24. The Hall–Kier alpha value is -4.71. The van der Waals surface area contributed by atoms with E-state index in [-0.39, 0.29) is 37.5 Å². The van der Waals surface area contributed by atoms with Crippen molar-refractivity contribution in [3.8, 4) is 0 Å². The molecule has 0 fully saturated rings. The van der Waals surface area contributed by atoms with Crippen molar-refractivity contribution in [1.29, 1.82) is 0 Å². The Kier molecular flexibility index (Phi) is 65.8. The van der Waals surface area contributed by atoms with E-state index in [9.17, 15) is 14.4 Å². The second-order valence-corrected chi connectivity index (χ2v) is 22.3. The van der Waals surface area contributed by atoms with Gasteiger partial charge in [0.1, 0.15) is 13.2 Å². The number of rotatable bonds is 61. The van der Waals surface area contributed by atoms with Crippen molar-refractivity contribution >= 4 is 17.9 Å². The van der Waals surface area contributed by atoms with Crippen molar-refractivity contribution in [2.24, 2.45) is 0 Å². The van der Waals surface area contributed by atoms with Gasteiger partial charge in [0.05, 0.1) is 0 Å². The van der Waals surface area contributed by atoms with Gasteiger partial charge in [-0.05, 0) is 128 Å². The van der Waals surface area contributed by atoms with E-state index in [1.165, 1.54) is 148 Å². The highest BCUT2D eigenvalue weighted by molar-refractivity contribution is 5.71. The van der Waals surface area contributed by atoms with Crippen LogP contribution in [0.5, 0.6) is 0 Å². The van der Waals surface area contributed by atoms with Gasteiger partial charge < -0.3 is 14.2 Å². The van der Waals surface area contributed by atoms with Crippen LogP contribution in [0.15, 0.2) is 146 Å². The van der Waals surface area contributed by atoms with Crippen LogP contribution in [0.2, 0.25) is 0 Å². The van der Waals surface area contributed by atoms with Crippen molar-refractivity contribution in [3.05, 3.63) is 146 Å². The second-order valence-electron chi connectivity index (χ2n) is 22.3. The van der Waals surface area contributed by atoms with Gasteiger partial charge in [0, 0.05) is 19.3 Å². The van der Waals surface area contributed by atoms with Gasteiger partial charge in [0.2, 0.25) is 0 Å². The van der Waals surface area contributed by atoms with E-state index in [1.807, 2.05) is 6.08 Å². The monoisotopic (exact) mass is 1150 g/mol. The van der Waals surface area contributed by atoms with Crippen LogP contribution >= 0.6 is 0 Å². The molecule has 0 saturated carbocycles. The molecular formula is C77H126O6. The van der Waals surface area contributed by atoms with Gasteiger partial charge in [0.25, 0.3) is 0 Å². The lowest BCUT2D eigenvalue weighted by Crippen LogP contribution is -2.30. The van der Waals surface area contributed by atoms with E-state index < -0.39 is 6.10 Å². The summed E-state index contributed by atoms with van der Waals surface area (Å²) in [4.78, 5) is 38.4. The van der Waals surface area contributed by atoms with E-state index in [1.54, 1.807) is 0 Å². The third kappa shape index (κ3) is 68.0. The molecule has 83 heavy (non-hydrogen) atoms. The average molecular weight is 1150 g/mol. The quantitative estimate of drug-likeness (QED) is 0.0261. The lowest BCUT2D eigenvalue weighted by atomic mass is 10.0. The van der Waals surface area contributed by atoms with Crippen LogP contribution in [-0.2, 0) is 28.6 Å². The summed E-state index contributed by atoms with van der Waals surface area (Å²) in [5.74, 6) is -0.997. The highest BCUT2D eigenvalue weighted by Gasteiger charge is 2.19. The number of carbonyl (C=O) groups excluding carboxylic acids is 3. The third-order valence-electron chi connectivity index (χ3n) is 14.3. The molecule has 0 radical (unpaired) electrons. The minimum Gasteiger partial charge on any atom is -0.462 e. The number of esters is 3. The molecule has 0 amide bonds. The van der Waals surface area contributed by atoms with Crippen LogP contribution in [0.4, 0.5) is 0 Å². The van der Waals surface area contributed by atoms with Crippen molar-refractivity contribution in [3.63, 3.8) is 0 Å². The Labute approximate surface area is 512 Å². The molecule has 0 aliphatic heterocycles. The van der Waals surface area contributed by atoms with Gasteiger partial charge in [-0.3, -0.25) is 14.4 Å². The Morgan fingerprint density at radius 3 is 0.807 bits per heavy atom. The first-order chi connectivity index (χ1) is 41.0. The maximum atomic E-state index is 13.0. The van der Waals surface area contributed by atoms with E-state index in [2.05, 4.69) is 161 Å². The van der Waals surface area contributed by atoms with Crippen molar-refractivity contribution < 1.29 is 28.6 Å². The zero-order valence-electron chi connectivity index (χ0n) is 53.9. The Morgan fingerprint density at radius 2 is 0.494 bits per heavy atom. The molecule has 0 aromatic heterocycles. The predicted octanol–water partition coefficient (Wildman–Crippen LogP) is 23.9. The molecule has 0 rings (SSSR count). The summed E-state index contributed by atoms with van der Waals surface area (Å²) < 4.78 is 16.9. The lowest BCUT2D eigenvalue weighted by Gasteiger charge is -2.18. The predicted molar refractivity (Wildman–Crippen MR) is 362 cm³/mol. The summed E-state index contributed by atoms with van der Waals surface area (Å²) in [6, 6.07) is 0. The van der Waals surface area contributed by atoms with Crippen LogP contribution in [0.1, 0.15) is 303 Å². The van der Waals surface area contributed by atoms with Gasteiger partial charge in [-0.2, -0.15) is 0 Å². The van der Waals surface area contributed by atoms with Gasteiger partial charge in [-0.1, -0.05) is 301 Å². The molecule has 0 aromatic carbocycles. The van der Waals surface area contributed by atoms with E-state index in [4.69, 9.17) is 14.2 Å². The summed E-state index contributed by atoms with van der Waals surface area (Å²) in [6.07, 6.45) is 100. The van der Waals surface area contributed by atoms with Crippen LogP contribution in [0.25, 0.3) is 0 Å². The average Bonchev–Trinajstić information content (AvgIpc) is 3.49. The summed E-state index contributed by atoms with van der Waals surface area (Å²) in [5, 5.41) is 0. The van der Waals surface area contributed by atoms with E-state index >= 15 is 0 Å². The maximum Gasteiger partial charge on any atom is 0.306 e. The van der Waals surface area contributed by atoms with Crippen LogP contribution in [0.3, 0.4) is 0 Å². The van der Waals surface area contributed by atoms with Crippen molar-refractivity contribution in [2.75, 3.05) is 13.2 Å². The van der Waals surface area contributed by atoms with Gasteiger partial charge >= 0.3 is 17.9 Å². The molecular weight excluding hydrogens is 1020 g/mol. The number of unbranched alkanes of at least 4 members (excludes halogenated alkanes) is 26. The molecule has 0 saturated heterocycles. The third-order valence-corrected chi connectivity index (χ3v) is 14.3. The summed E-state index contributed by atoms with van der Waals surface area (Å²) in [6.45, 7) is 6.35. The van der Waals surface area contributed by atoms with E-state index in [0.29, 0.717) is 19.3 Å².